The number of aliphatic hydroxyl groups excluding tert-OH is 1. The predicted octanol–water partition coefficient (Wildman–Crippen LogP) is 4.36. The number of aliphatic hydroxyl groups is 1. The number of hydrogen-bond acceptors (Lipinski definition) is 5. The van der Waals surface area contributed by atoms with Gasteiger partial charge in [-0.2, -0.15) is 0 Å². The molecule has 1 aliphatic carbocycles. The summed E-state index contributed by atoms with van der Waals surface area (Å²) < 4.78 is 0. The maximum absolute atomic E-state index is 13.1. The Bertz CT molecular complexity index is 1090. The first-order valence-corrected chi connectivity index (χ1v) is 13.0. The van der Waals surface area contributed by atoms with E-state index in [-0.39, 0.29) is 30.2 Å². The van der Waals surface area contributed by atoms with Crippen LogP contribution >= 0.6 is 11.6 Å². The third-order valence-corrected chi connectivity index (χ3v) is 7.54. The number of rotatable bonds is 10. The van der Waals surface area contributed by atoms with Crippen molar-refractivity contribution in [2.45, 2.75) is 84.3 Å². The number of nitrogens with one attached hydrogen (secondary N) is 4. The summed E-state index contributed by atoms with van der Waals surface area (Å²) in [6.07, 6.45) is 5.90. The van der Waals surface area contributed by atoms with Gasteiger partial charge in [0.15, 0.2) is 0 Å². The molecule has 0 saturated heterocycles. The summed E-state index contributed by atoms with van der Waals surface area (Å²) >= 11 is 6.45. The molecule has 35 heavy (non-hydrogen) atoms. The molecule has 0 atom stereocenters. The Morgan fingerprint density at radius 3 is 2.54 bits per heavy atom. The summed E-state index contributed by atoms with van der Waals surface area (Å²) in [6, 6.07) is 5.95. The molecule has 1 fully saturated rings. The first-order valence-electron chi connectivity index (χ1n) is 12.6. The van der Waals surface area contributed by atoms with Gasteiger partial charge < -0.3 is 26.0 Å². The molecule has 2 aromatic rings. The van der Waals surface area contributed by atoms with Crippen molar-refractivity contribution in [3.63, 3.8) is 0 Å². The summed E-state index contributed by atoms with van der Waals surface area (Å²) in [4.78, 5) is 28.2. The lowest BCUT2D eigenvalue weighted by molar-refractivity contribution is 0.0950. The van der Waals surface area contributed by atoms with Crippen LogP contribution < -0.4 is 21.5 Å². The number of benzene rings is 1. The average molecular weight is 503 g/mol. The number of pyridine rings is 1. The highest BCUT2D eigenvalue weighted by molar-refractivity contribution is 6.31. The Morgan fingerprint density at radius 2 is 1.91 bits per heavy atom. The number of aromatic amines is 1. The van der Waals surface area contributed by atoms with E-state index in [1.54, 1.807) is 6.07 Å². The van der Waals surface area contributed by atoms with Crippen LogP contribution in [0.5, 0.6) is 0 Å². The van der Waals surface area contributed by atoms with Gasteiger partial charge >= 0.3 is 0 Å². The van der Waals surface area contributed by atoms with E-state index in [4.69, 9.17) is 16.7 Å². The number of carbonyl (C=O) groups is 1. The largest absolute Gasteiger partial charge is 0.396 e. The van der Waals surface area contributed by atoms with Crippen molar-refractivity contribution in [2.24, 2.45) is 0 Å². The van der Waals surface area contributed by atoms with Crippen molar-refractivity contribution in [1.82, 2.24) is 15.6 Å². The van der Waals surface area contributed by atoms with Crippen molar-refractivity contribution < 1.29 is 9.90 Å². The molecule has 1 aliphatic rings. The predicted molar refractivity (Wildman–Crippen MR) is 143 cm³/mol. The standard InChI is InChI=1S/C27H39ClN4O3/c1-5-27(9-7-21(8-10-27)29-11-6-12-33)32-24-15-20(28)14-22(19(24)4)25(34)30-16-23-17(2)13-18(3)31-26(23)35/h13-15,21,29,32-33H,5-12,16H2,1-4H3,(H,30,34)(H,31,35)/t21-,27-. The molecule has 0 spiro atoms. The number of anilines is 1. The zero-order chi connectivity index (χ0) is 25.6. The smallest absolute Gasteiger partial charge is 0.253 e. The second-order valence-corrected chi connectivity index (χ2v) is 10.3. The highest BCUT2D eigenvalue weighted by Crippen LogP contribution is 2.37. The van der Waals surface area contributed by atoms with Gasteiger partial charge in [0.05, 0.1) is 0 Å². The van der Waals surface area contributed by atoms with Gasteiger partial charge in [-0.05, 0) is 95.2 Å². The fourth-order valence-corrected chi connectivity index (χ4v) is 5.24. The van der Waals surface area contributed by atoms with Gasteiger partial charge in [-0.15, -0.1) is 0 Å². The SMILES string of the molecule is CC[C@]1(Nc2cc(Cl)cc(C(=O)NCc3c(C)cc(C)[nH]c3=O)c2C)CC[C@H](NCCCO)CC1. The molecule has 0 aliphatic heterocycles. The molecular weight excluding hydrogens is 464 g/mol. The van der Waals surface area contributed by atoms with E-state index in [2.05, 4.69) is 27.9 Å². The van der Waals surface area contributed by atoms with E-state index in [1.807, 2.05) is 32.9 Å². The third-order valence-electron chi connectivity index (χ3n) is 7.32. The molecule has 1 heterocycles. The van der Waals surface area contributed by atoms with Crippen LogP contribution in [-0.2, 0) is 6.54 Å². The van der Waals surface area contributed by atoms with Gasteiger partial charge in [-0.1, -0.05) is 18.5 Å². The lowest BCUT2D eigenvalue weighted by Crippen LogP contribution is -2.46. The Kier molecular flexibility index (Phi) is 9.39. The number of halogens is 1. The Morgan fingerprint density at radius 1 is 1.20 bits per heavy atom. The van der Waals surface area contributed by atoms with E-state index < -0.39 is 0 Å². The van der Waals surface area contributed by atoms with E-state index in [9.17, 15) is 9.59 Å². The van der Waals surface area contributed by atoms with Crippen LogP contribution in [0.15, 0.2) is 23.0 Å². The second-order valence-electron chi connectivity index (χ2n) is 9.82. The van der Waals surface area contributed by atoms with Crippen LogP contribution in [0.4, 0.5) is 5.69 Å². The minimum atomic E-state index is -0.255. The highest BCUT2D eigenvalue weighted by Gasteiger charge is 2.34. The number of H-pyrrole nitrogens is 1. The summed E-state index contributed by atoms with van der Waals surface area (Å²) in [6.45, 7) is 9.04. The topological polar surface area (TPSA) is 106 Å². The molecule has 1 amide bonds. The van der Waals surface area contributed by atoms with Gasteiger partial charge in [0.2, 0.25) is 0 Å². The monoisotopic (exact) mass is 502 g/mol. The summed E-state index contributed by atoms with van der Waals surface area (Å²) in [5.41, 5.74) is 4.19. The number of aromatic nitrogens is 1. The van der Waals surface area contributed by atoms with E-state index in [1.165, 1.54) is 0 Å². The second kappa shape index (κ2) is 12.1. The zero-order valence-corrected chi connectivity index (χ0v) is 22.1. The van der Waals surface area contributed by atoms with Gasteiger partial charge in [-0.3, -0.25) is 9.59 Å². The normalized spacial score (nSPS) is 20.0. The van der Waals surface area contributed by atoms with Gasteiger partial charge in [0.1, 0.15) is 0 Å². The average Bonchev–Trinajstić information content (AvgIpc) is 2.81. The number of aryl methyl sites for hydroxylation is 2. The first kappa shape index (κ1) is 27.2. The summed E-state index contributed by atoms with van der Waals surface area (Å²) in [5, 5.41) is 19.7. The van der Waals surface area contributed by atoms with Crippen molar-refractivity contribution in [3.05, 3.63) is 61.5 Å². The number of amides is 1. The van der Waals surface area contributed by atoms with E-state index >= 15 is 0 Å². The van der Waals surface area contributed by atoms with Crippen LogP contribution in [-0.4, -0.2) is 40.7 Å². The zero-order valence-electron chi connectivity index (χ0n) is 21.3. The first-order chi connectivity index (χ1) is 16.7. The Labute approximate surface area is 213 Å². The molecule has 7 nitrogen and oxygen atoms in total. The van der Waals surface area contributed by atoms with Crippen molar-refractivity contribution in [2.75, 3.05) is 18.5 Å². The minimum absolute atomic E-state index is 0.0509. The van der Waals surface area contributed by atoms with Gasteiger partial charge in [0.25, 0.3) is 11.5 Å². The number of hydrogen-bond donors (Lipinski definition) is 5. The molecule has 0 bridgehead atoms. The molecule has 5 N–H and O–H groups in total. The molecule has 1 aromatic heterocycles. The van der Waals surface area contributed by atoms with Crippen LogP contribution in [0, 0.1) is 20.8 Å². The lowest BCUT2D eigenvalue weighted by atomic mass is 9.77. The molecule has 1 aromatic carbocycles. The molecule has 0 unspecified atom stereocenters. The van der Waals surface area contributed by atoms with Crippen molar-refractivity contribution >= 4 is 23.2 Å². The molecule has 3 rings (SSSR count). The maximum Gasteiger partial charge on any atom is 0.253 e. The number of carbonyl (C=O) groups excluding carboxylic acids is 1. The maximum atomic E-state index is 13.1. The molecule has 8 heteroatoms. The van der Waals surface area contributed by atoms with Crippen LogP contribution in [0.3, 0.4) is 0 Å². The van der Waals surface area contributed by atoms with E-state index in [0.29, 0.717) is 22.2 Å². The van der Waals surface area contributed by atoms with Crippen molar-refractivity contribution in [3.8, 4) is 0 Å². The molecule has 192 valence electrons. The van der Waals surface area contributed by atoms with Crippen LogP contribution in [0.2, 0.25) is 5.02 Å². The summed E-state index contributed by atoms with van der Waals surface area (Å²) in [7, 11) is 0. The van der Waals surface area contributed by atoms with Gasteiger partial charge in [0, 0.05) is 52.3 Å². The molecular formula is C27H39ClN4O3. The molecule has 1 saturated carbocycles. The third kappa shape index (κ3) is 6.87. The van der Waals surface area contributed by atoms with E-state index in [0.717, 1.165) is 67.6 Å². The fraction of sp³-hybridized carbons (Fsp3) is 0.556. The van der Waals surface area contributed by atoms with Crippen molar-refractivity contribution in [1.29, 1.82) is 0 Å². The minimum Gasteiger partial charge on any atom is -0.396 e. The van der Waals surface area contributed by atoms with Crippen LogP contribution in [0.25, 0.3) is 0 Å². The van der Waals surface area contributed by atoms with Crippen LogP contribution in [0.1, 0.15) is 78.2 Å². The quantitative estimate of drug-likeness (QED) is 0.310. The lowest BCUT2D eigenvalue weighted by Gasteiger charge is -2.42. The Balaban J connectivity index is 1.72. The summed E-state index contributed by atoms with van der Waals surface area (Å²) in [5.74, 6) is -0.255. The Hall–Kier alpha value is -2.35. The van der Waals surface area contributed by atoms with Gasteiger partial charge in [-0.25, -0.2) is 0 Å². The fourth-order valence-electron chi connectivity index (χ4n) is 5.02. The highest BCUT2D eigenvalue weighted by atomic mass is 35.5. The molecule has 0 radical (unpaired) electrons.